The Morgan fingerprint density at radius 1 is 1.07 bits per heavy atom. The highest BCUT2D eigenvalue weighted by molar-refractivity contribution is 5.25. The Morgan fingerprint density at radius 2 is 1.82 bits per heavy atom. The monoisotopic (exact) mass is 384 g/mol. The lowest BCUT2D eigenvalue weighted by atomic mass is 9.47. The Kier molecular flexibility index (Phi) is 5.18. The van der Waals surface area contributed by atoms with Crippen LogP contribution in [0.1, 0.15) is 92.9 Å². The Labute approximate surface area is 174 Å². The van der Waals surface area contributed by atoms with Crippen molar-refractivity contribution < 1.29 is 5.11 Å². The lowest BCUT2D eigenvalue weighted by molar-refractivity contribution is -0.0540. The summed E-state index contributed by atoms with van der Waals surface area (Å²) in [6, 6.07) is 0. The molecule has 0 aromatic carbocycles. The molecule has 4 aliphatic carbocycles. The second-order valence-corrected chi connectivity index (χ2v) is 12.5. The third-order valence-corrected chi connectivity index (χ3v) is 9.69. The molecule has 28 heavy (non-hydrogen) atoms. The maximum atomic E-state index is 10.2. The molecule has 0 spiro atoms. The summed E-state index contributed by atoms with van der Waals surface area (Å²) in [7, 11) is 0. The van der Waals surface area contributed by atoms with Gasteiger partial charge in [-0.05, 0) is 97.2 Å². The quantitative estimate of drug-likeness (QED) is 0.500. The molecule has 0 radical (unpaired) electrons. The maximum Gasteiger partial charge on any atom is 0.0577 e. The molecule has 0 aromatic heterocycles. The zero-order valence-electron chi connectivity index (χ0n) is 19.3. The molecule has 0 heterocycles. The molecule has 4 aliphatic rings. The van der Waals surface area contributed by atoms with Crippen molar-refractivity contribution in [2.75, 3.05) is 0 Å². The third-order valence-electron chi connectivity index (χ3n) is 9.69. The van der Waals surface area contributed by atoms with E-state index in [9.17, 15) is 5.11 Å². The number of aliphatic hydroxyl groups excluding tert-OH is 1. The van der Waals surface area contributed by atoms with Crippen LogP contribution in [0.4, 0.5) is 0 Å². The number of hydrogen-bond acceptors (Lipinski definition) is 1. The number of fused-ring (bicyclic) bond motifs is 5. The summed E-state index contributed by atoms with van der Waals surface area (Å²) in [6.45, 7) is 14.6. The van der Waals surface area contributed by atoms with E-state index in [0.717, 1.165) is 36.5 Å². The van der Waals surface area contributed by atoms with Crippen LogP contribution in [0.3, 0.4) is 0 Å². The Bertz CT molecular complexity index is 652. The molecule has 4 rings (SSSR count). The van der Waals surface area contributed by atoms with Crippen LogP contribution in [0.15, 0.2) is 23.8 Å². The molecule has 0 saturated heterocycles. The lowest BCUT2D eigenvalue weighted by Crippen LogP contribution is -2.50. The van der Waals surface area contributed by atoms with Crippen molar-refractivity contribution in [1.29, 1.82) is 0 Å². The predicted octanol–water partition coefficient (Wildman–Crippen LogP) is 7.16. The highest BCUT2D eigenvalue weighted by Gasteiger charge is 2.58. The maximum absolute atomic E-state index is 10.2. The van der Waals surface area contributed by atoms with Crippen molar-refractivity contribution in [3.05, 3.63) is 23.8 Å². The highest BCUT2D eigenvalue weighted by Crippen LogP contribution is 2.67. The Balaban J connectivity index is 1.56. The number of rotatable bonds is 2. The minimum absolute atomic E-state index is 0.0870. The van der Waals surface area contributed by atoms with Crippen molar-refractivity contribution in [2.24, 2.45) is 45.8 Å². The zero-order chi connectivity index (χ0) is 20.3. The number of hydrogen-bond donors (Lipinski definition) is 1. The van der Waals surface area contributed by atoms with Crippen LogP contribution in [0.25, 0.3) is 0 Å². The summed E-state index contributed by atoms with van der Waals surface area (Å²) in [5.41, 5.74) is 2.79. The Morgan fingerprint density at radius 3 is 2.54 bits per heavy atom. The van der Waals surface area contributed by atoms with E-state index in [-0.39, 0.29) is 11.5 Å². The van der Waals surface area contributed by atoms with E-state index in [4.69, 9.17) is 0 Å². The van der Waals surface area contributed by atoms with Crippen molar-refractivity contribution in [3.8, 4) is 0 Å². The van der Waals surface area contributed by atoms with Gasteiger partial charge in [0.15, 0.2) is 0 Å². The van der Waals surface area contributed by atoms with Gasteiger partial charge < -0.3 is 5.11 Å². The van der Waals surface area contributed by atoms with Gasteiger partial charge in [-0.15, -0.1) is 0 Å². The molecule has 3 fully saturated rings. The average Bonchev–Trinajstić information content (AvgIpc) is 2.97. The first-order valence-electron chi connectivity index (χ1n) is 12.1. The first-order chi connectivity index (χ1) is 13.0. The van der Waals surface area contributed by atoms with Crippen molar-refractivity contribution in [1.82, 2.24) is 0 Å². The molecule has 0 aromatic rings. The van der Waals surface area contributed by atoms with Gasteiger partial charge in [-0.1, -0.05) is 65.3 Å². The van der Waals surface area contributed by atoms with Gasteiger partial charge in [0.2, 0.25) is 0 Å². The minimum atomic E-state index is -0.0870. The van der Waals surface area contributed by atoms with E-state index in [2.05, 4.69) is 59.8 Å². The minimum Gasteiger partial charge on any atom is -0.393 e. The van der Waals surface area contributed by atoms with E-state index < -0.39 is 0 Å². The summed E-state index contributed by atoms with van der Waals surface area (Å²) < 4.78 is 0. The molecular weight excluding hydrogens is 340 g/mol. The third kappa shape index (κ3) is 3.34. The van der Waals surface area contributed by atoms with Gasteiger partial charge in [-0.2, -0.15) is 0 Å². The van der Waals surface area contributed by atoms with Gasteiger partial charge in [0.25, 0.3) is 0 Å². The number of aliphatic hydroxyl groups is 1. The topological polar surface area (TPSA) is 20.2 Å². The molecule has 0 aliphatic heterocycles. The van der Waals surface area contributed by atoms with Gasteiger partial charge >= 0.3 is 0 Å². The summed E-state index contributed by atoms with van der Waals surface area (Å²) in [5.74, 6) is 4.19. The van der Waals surface area contributed by atoms with Gasteiger partial charge in [0, 0.05) is 0 Å². The molecule has 0 unspecified atom stereocenters. The van der Waals surface area contributed by atoms with Crippen molar-refractivity contribution in [2.45, 2.75) is 99.0 Å². The van der Waals surface area contributed by atoms with E-state index >= 15 is 0 Å². The van der Waals surface area contributed by atoms with E-state index in [0.29, 0.717) is 16.7 Å². The molecular formula is C27H44O. The average molecular weight is 385 g/mol. The predicted molar refractivity (Wildman–Crippen MR) is 119 cm³/mol. The molecule has 3 saturated carbocycles. The normalized spacial score (nSPS) is 47.2. The summed E-state index contributed by atoms with van der Waals surface area (Å²) in [4.78, 5) is 0. The van der Waals surface area contributed by atoms with Crippen LogP contribution in [0, 0.1) is 45.8 Å². The SMILES string of the molecule is C[C@H](/C=C/C(C)(C)C)[C@H]1CC[C@H]2[C@@H]3CC=C4C[C@@H](O)CC[C@]4(C)[C@H]3CC[C@]12C. The van der Waals surface area contributed by atoms with Crippen LogP contribution >= 0.6 is 0 Å². The molecule has 1 heteroatoms. The second-order valence-electron chi connectivity index (χ2n) is 12.5. The van der Waals surface area contributed by atoms with Crippen LogP contribution in [-0.2, 0) is 0 Å². The van der Waals surface area contributed by atoms with Gasteiger partial charge in [0.05, 0.1) is 6.10 Å². The molecule has 0 bridgehead atoms. The van der Waals surface area contributed by atoms with E-state index in [1.807, 2.05) is 0 Å². The molecule has 0 amide bonds. The fourth-order valence-electron chi connectivity index (χ4n) is 8.12. The largest absolute Gasteiger partial charge is 0.393 e. The highest BCUT2D eigenvalue weighted by atomic mass is 16.3. The van der Waals surface area contributed by atoms with Gasteiger partial charge in [-0.3, -0.25) is 0 Å². The van der Waals surface area contributed by atoms with E-state index in [1.54, 1.807) is 5.57 Å². The van der Waals surface area contributed by atoms with Crippen LogP contribution in [-0.4, -0.2) is 11.2 Å². The van der Waals surface area contributed by atoms with Crippen molar-refractivity contribution in [3.63, 3.8) is 0 Å². The van der Waals surface area contributed by atoms with Gasteiger partial charge in [-0.25, -0.2) is 0 Å². The fourth-order valence-corrected chi connectivity index (χ4v) is 8.12. The summed E-state index contributed by atoms with van der Waals surface area (Å²) in [5, 5.41) is 10.2. The number of allylic oxidation sites excluding steroid dienone is 3. The molecule has 158 valence electrons. The standard InChI is InChI=1S/C27H44O/c1-18(11-14-25(2,3)4)22-9-10-23-21-8-7-19-17-20(28)12-15-26(19,5)24(21)13-16-27(22,23)6/h7,11,14,18,20-24,28H,8-10,12-13,15-17H2,1-6H3/b14-11+/t18-,20+,21+,22-,23+,24+,26+,27-/m1/s1. The van der Waals surface area contributed by atoms with Gasteiger partial charge in [0.1, 0.15) is 0 Å². The van der Waals surface area contributed by atoms with Crippen LogP contribution < -0.4 is 0 Å². The molecule has 8 atom stereocenters. The zero-order valence-corrected chi connectivity index (χ0v) is 19.3. The smallest absolute Gasteiger partial charge is 0.0577 e. The van der Waals surface area contributed by atoms with Crippen LogP contribution in [0.2, 0.25) is 0 Å². The van der Waals surface area contributed by atoms with Crippen LogP contribution in [0.5, 0.6) is 0 Å². The Hall–Kier alpha value is -0.560. The first-order valence-corrected chi connectivity index (χ1v) is 12.1. The summed E-state index contributed by atoms with van der Waals surface area (Å²) in [6.07, 6.45) is 17.6. The van der Waals surface area contributed by atoms with E-state index in [1.165, 1.54) is 38.5 Å². The summed E-state index contributed by atoms with van der Waals surface area (Å²) >= 11 is 0. The fraction of sp³-hybridized carbons (Fsp3) is 0.852. The first kappa shape index (κ1) is 20.7. The molecule has 1 nitrogen and oxygen atoms in total. The second kappa shape index (κ2) is 7.00. The van der Waals surface area contributed by atoms with Crippen molar-refractivity contribution >= 4 is 0 Å². The lowest BCUT2D eigenvalue weighted by Gasteiger charge is -2.58. The molecule has 1 N–H and O–H groups in total.